The molecule has 0 spiro atoms. The number of amides is 1. The number of piperazine rings is 1. The third-order valence-corrected chi connectivity index (χ3v) is 2.97. The van der Waals surface area contributed by atoms with Crippen LogP contribution in [-0.2, 0) is 4.79 Å². The predicted octanol–water partition coefficient (Wildman–Crippen LogP) is 1.54. The fourth-order valence-electron chi connectivity index (χ4n) is 1.91. The first-order valence-corrected chi connectivity index (χ1v) is 5.51. The van der Waals surface area contributed by atoms with Crippen LogP contribution in [-0.4, -0.2) is 42.2 Å². The Morgan fingerprint density at radius 1 is 1.38 bits per heavy atom. The average Bonchev–Trinajstić information content (AvgIpc) is 2.25. The van der Waals surface area contributed by atoms with E-state index in [1.807, 2.05) is 6.92 Å². The van der Waals surface area contributed by atoms with Gasteiger partial charge in [-0.25, -0.2) is 0 Å². The van der Waals surface area contributed by atoms with Gasteiger partial charge in [-0.2, -0.15) is 13.2 Å². The lowest BCUT2D eigenvalue weighted by atomic mass is 10.1. The van der Waals surface area contributed by atoms with E-state index in [0.717, 1.165) is 11.3 Å². The largest absolute Gasteiger partial charge is 0.471 e. The van der Waals surface area contributed by atoms with Crippen LogP contribution in [0.2, 0.25) is 0 Å². The van der Waals surface area contributed by atoms with E-state index < -0.39 is 12.1 Å². The zero-order valence-corrected chi connectivity index (χ0v) is 9.47. The highest BCUT2D eigenvalue weighted by atomic mass is 19.4. The fourth-order valence-corrected chi connectivity index (χ4v) is 1.91. The van der Waals surface area contributed by atoms with Gasteiger partial charge in [-0.15, -0.1) is 0 Å². The lowest BCUT2D eigenvalue weighted by Crippen LogP contribution is -2.60. The Morgan fingerprint density at radius 2 is 2.00 bits per heavy atom. The van der Waals surface area contributed by atoms with Crippen molar-refractivity contribution in [2.75, 3.05) is 13.1 Å². The average molecular weight is 238 g/mol. The van der Waals surface area contributed by atoms with Crippen molar-refractivity contribution in [2.24, 2.45) is 0 Å². The van der Waals surface area contributed by atoms with Gasteiger partial charge in [0.2, 0.25) is 0 Å². The van der Waals surface area contributed by atoms with E-state index in [1.54, 1.807) is 6.92 Å². The first-order valence-electron chi connectivity index (χ1n) is 5.51. The summed E-state index contributed by atoms with van der Waals surface area (Å²) in [5, 5.41) is 3.14. The maximum Gasteiger partial charge on any atom is 0.471 e. The third-order valence-electron chi connectivity index (χ3n) is 2.97. The van der Waals surface area contributed by atoms with Crippen LogP contribution in [0.4, 0.5) is 13.2 Å². The molecule has 1 amide bonds. The Labute approximate surface area is 93.0 Å². The topological polar surface area (TPSA) is 32.3 Å². The molecule has 94 valence electrons. The van der Waals surface area contributed by atoms with Crippen LogP contribution in [0.5, 0.6) is 0 Å². The molecule has 0 bridgehead atoms. The molecule has 0 aromatic carbocycles. The maximum atomic E-state index is 12.4. The minimum absolute atomic E-state index is 0.0332. The number of hydrogen-bond acceptors (Lipinski definition) is 2. The van der Waals surface area contributed by atoms with Gasteiger partial charge in [0.25, 0.3) is 0 Å². The molecule has 1 fully saturated rings. The van der Waals surface area contributed by atoms with Gasteiger partial charge in [0.15, 0.2) is 0 Å². The lowest BCUT2D eigenvalue weighted by Gasteiger charge is -2.40. The second-order valence-electron chi connectivity index (χ2n) is 4.03. The zero-order chi connectivity index (χ0) is 12.3. The van der Waals surface area contributed by atoms with Gasteiger partial charge in [0, 0.05) is 25.2 Å². The fraction of sp³-hybridized carbons (Fsp3) is 0.900. The number of nitrogens with one attached hydrogen (secondary N) is 1. The molecule has 0 aliphatic carbocycles. The highest BCUT2D eigenvalue weighted by Crippen LogP contribution is 2.23. The van der Waals surface area contributed by atoms with Crippen molar-refractivity contribution >= 4 is 5.91 Å². The van der Waals surface area contributed by atoms with Crippen LogP contribution in [0, 0.1) is 0 Å². The smallest absolute Gasteiger partial charge is 0.329 e. The molecule has 0 aromatic rings. The molecule has 1 heterocycles. The molecule has 1 aliphatic heterocycles. The summed E-state index contributed by atoms with van der Waals surface area (Å²) >= 11 is 0. The standard InChI is InChI=1S/C10H17F3N2O/c1-3-7-6-15(8(4-2)5-14-7)9(16)10(11,12)13/h7-8,14H,3-6H2,1-2H3. The summed E-state index contributed by atoms with van der Waals surface area (Å²) in [6.07, 6.45) is -3.51. The summed E-state index contributed by atoms with van der Waals surface area (Å²) in [6.45, 7) is 4.26. The van der Waals surface area contributed by atoms with E-state index in [1.165, 1.54) is 0 Å². The maximum absolute atomic E-state index is 12.4. The summed E-state index contributed by atoms with van der Waals surface area (Å²) < 4.78 is 37.1. The van der Waals surface area contributed by atoms with Crippen molar-refractivity contribution < 1.29 is 18.0 Å². The minimum Gasteiger partial charge on any atom is -0.329 e. The van der Waals surface area contributed by atoms with E-state index in [9.17, 15) is 18.0 Å². The van der Waals surface area contributed by atoms with E-state index in [2.05, 4.69) is 5.32 Å². The molecule has 2 unspecified atom stereocenters. The number of rotatable bonds is 2. The highest BCUT2D eigenvalue weighted by molar-refractivity contribution is 5.82. The molecule has 1 rings (SSSR count). The Hall–Kier alpha value is -0.780. The molecule has 6 heteroatoms. The summed E-state index contributed by atoms with van der Waals surface area (Å²) in [7, 11) is 0. The zero-order valence-electron chi connectivity index (χ0n) is 9.47. The molecular weight excluding hydrogens is 221 g/mol. The Balaban J connectivity index is 2.76. The van der Waals surface area contributed by atoms with E-state index in [-0.39, 0.29) is 18.6 Å². The molecule has 0 aromatic heterocycles. The van der Waals surface area contributed by atoms with Crippen LogP contribution < -0.4 is 5.32 Å². The highest BCUT2D eigenvalue weighted by Gasteiger charge is 2.45. The van der Waals surface area contributed by atoms with Crippen LogP contribution in [0.25, 0.3) is 0 Å². The van der Waals surface area contributed by atoms with Crippen molar-refractivity contribution in [1.29, 1.82) is 0 Å². The monoisotopic (exact) mass is 238 g/mol. The molecule has 0 saturated carbocycles. The van der Waals surface area contributed by atoms with Gasteiger partial charge in [-0.05, 0) is 12.8 Å². The van der Waals surface area contributed by atoms with Crippen molar-refractivity contribution in [3.05, 3.63) is 0 Å². The van der Waals surface area contributed by atoms with Crippen molar-refractivity contribution in [2.45, 2.75) is 44.9 Å². The normalized spacial score (nSPS) is 26.9. The molecular formula is C10H17F3N2O. The van der Waals surface area contributed by atoms with Gasteiger partial charge < -0.3 is 10.2 Å². The first-order chi connectivity index (χ1) is 7.40. The quantitative estimate of drug-likeness (QED) is 0.791. The predicted molar refractivity (Wildman–Crippen MR) is 53.9 cm³/mol. The molecule has 1 aliphatic rings. The van der Waals surface area contributed by atoms with Gasteiger partial charge in [0.1, 0.15) is 0 Å². The van der Waals surface area contributed by atoms with Crippen LogP contribution >= 0.6 is 0 Å². The van der Waals surface area contributed by atoms with Crippen LogP contribution in [0.1, 0.15) is 26.7 Å². The van der Waals surface area contributed by atoms with Gasteiger partial charge in [0.05, 0.1) is 0 Å². The Morgan fingerprint density at radius 3 is 2.44 bits per heavy atom. The Kier molecular flexibility index (Phi) is 4.18. The molecule has 3 nitrogen and oxygen atoms in total. The molecule has 16 heavy (non-hydrogen) atoms. The van der Waals surface area contributed by atoms with Gasteiger partial charge in [-0.3, -0.25) is 4.79 Å². The van der Waals surface area contributed by atoms with Crippen molar-refractivity contribution in [1.82, 2.24) is 10.2 Å². The number of nitrogens with zero attached hydrogens (tertiary/aromatic N) is 1. The number of halogens is 3. The van der Waals surface area contributed by atoms with E-state index >= 15 is 0 Å². The Bertz CT molecular complexity index is 255. The number of alkyl halides is 3. The SMILES string of the molecule is CCC1CN(C(=O)C(F)(F)F)C(CC)CN1. The number of carbonyl (C=O) groups is 1. The van der Waals surface area contributed by atoms with E-state index in [4.69, 9.17) is 0 Å². The molecule has 2 atom stereocenters. The summed E-state index contributed by atoms with van der Waals surface area (Å²) in [5.41, 5.74) is 0. The lowest BCUT2D eigenvalue weighted by molar-refractivity contribution is -0.189. The van der Waals surface area contributed by atoms with Crippen LogP contribution in [0.15, 0.2) is 0 Å². The van der Waals surface area contributed by atoms with Crippen molar-refractivity contribution in [3.8, 4) is 0 Å². The molecule has 1 saturated heterocycles. The van der Waals surface area contributed by atoms with Gasteiger partial charge >= 0.3 is 12.1 Å². The number of hydrogen-bond donors (Lipinski definition) is 1. The number of carbonyl (C=O) groups excluding carboxylic acids is 1. The van der Waals surface area contributed by atoms with E-state index in [0.29, 0.717) is 13.0 Å². The summed E-state index contributed by atoms with van der Waals surface area (Å²) in [6, 6.07) is -0.383. The van der Waals surface area contributed by atoms with Crippen LogP contribution in [0.3, 0.4) is 0 Å². The minimum atomic E-state index is -4.76. The third kappa shape index (κ3) is 2.87. The molecule has 0 radical (unpaired) electrons. The molecule has 1 N–H and O–H groups in total. The first kappa shape index (κ1) is 13.3. The second-order valence-corrected chi connectivity index (χ2v) is 4.03. The van der Waals surface area contributed by atoms with Crippen molar-refractivity contribution in [3.63, 3.8) is 0 Å². The summed E-state index contributed by atoms with van der Waals surface area (Å²) in [5.74, 6) is -1.71. The second kappa shape index (κ2) is 5.03. The summed E-state index contributed by atoms with van der Waals surface area (Å²) in [4.78, 5) is 12.2. The van der Waals surface area contributed by atoms with Gasteiger partial charge in [-0.1, -0.05) is 13.8 Å².